The molecule has 0 aliphatic heterocycles. The van der Waals surface area contributed by atoms with Gasteiger partial charge in [-0.25, -0.2) is 0 Å². The van der Waals surface area contributed by atoms with E-state index in [1.165, 1.54) is 28.7 Å². The van der Waals surface area contributed by atoms with Gasteiger partial charge in [0, 0.05) is 14.6 Å². The zero-order valence-electron chi connectivity index (χ0n) is 11.7. The summed E-state index contributed by atoms with van der Waals surface area (Å²) in [6, 6.07) is 9.41. The molecule has 0 aliphatic carbocycles. The molecule has 0 saturated heterocycles. The molecule has 0 aromatic carbocycles. The van der Waals surface area contributed by atoms with E-state index in [-0.39, 0.29) is 0 Å². The lowest BCUT2D eigenvalue weighted by atomic mass is 10.2. The number of carbonyl (C=O) groups is 3. The van der Waals surface area contributed by atoms with Crippen LogP contribution in [-0.2, 0) is 4.79 Å². The summed E-state index contributed by atoms with van der Waals surface area (Å²) < 4.78 is 0. The molecule has 3 rings (SSSR count). The van der Waals surface area contributed by atoms with Crippen LogP contribution in [0.25, 0.3) is 25.6 Å². The zero-order valence-corrected chi connectivity index (χ0v) is 14.2. The van der Waals surface area contributed by atoms with Crippen LogP contribution in [0.1, 0.15) is 24.9 Å². The molecule has 0 bridgehead atoms. The van der Waals surface area contributed by atoms with Gasteiger partial charge >= 0.3 is 0 Å². The van der Waals surface area contributed by atoms with Crippen molar-refractivity contribution in [3.63, 3.8) is 0 Å². The molecule has 3 heterocycles. The molecule has 0 atom stereocenters. The molecule has 0 radical (unpaired) electrons. The van der Waals surface area contributed by atoms with E-state index in [4.69, 9.17) is 0 Å². The molecule has 23 heavy (non-hydrogen) atoms. The zero-order chi connectivity index (χ0) is 16.2. The van der Waals surface area contributed by atoms with Crippen molar-refractivity contribution in [2.24, 2.45) is 0 Å². The highest BCUT2D eigenvalue weighted by Gasteiger charge is 2.14. The van der Waals surface area contributed by atoms with Crippen molar-refractivity contribution in [1.82, 2.24) is 0 Å². The van der Waals surface area contributed by atoms with Gasteiger partial charge < -0.3 is 0 Å². The molecule has 0 saturated carbocycles. The molecule has 3 aromatic heterocycles. The van der Waals surface area contributed by atoms with E-state index in [2.05, 4.69) is 0 Å². The Kier molecular flexibility index (Phi) is 4.76. The third-order valence-electron chi connectivity index (χ3n) is 3.07. The van der Waals surface area contributed by atoms with Crippen LogP contribution in [0.2, 0.25) is 0 Å². The van der Waals surface area contributed by atoms with E-state index in [0.717, 1.165) is 43.9 Å². The van der Waals surface area contributed by atoms with E-state index in [1.807, 2.05) is 18.2 Å². The normalized spacial score (nSPS) is 11.0. The number of rotatable bonds is 6. The Morgan fingerprint density at radius 1 is 0.739 bits per heavy atom. The van der Waals surface area contributed by atoms with Crippen LogP contribution in [0.5, 0.6) is 0 Å². The Hall–Kier alpha value is -2.15. The molecule has 0 unspecified atom stereocenters. The lowest BCUT2D eigenvalue weighted by Crippen LogP contribution is -1.70. The Balaban J connectivity index is 2.09. The van der Waals surface area contributed by atoms with Gasteiger partial charge in [0.2, 0.25) is 0 Å². The van der Waals surface area contributed by atoms with Gasteiger partial charge in [0.05, 0.1) is 14.6 Å². The summed E-state index contributed by atoms with van der Waals surface area (Å²) in [6.45, 7) is 0. The maximum Gasteiger partial charge on any atom is 0.160 e. The number of allylic oxidation sites excluding steroid dienone is 1. The van der Waals surface area contributed by atoms with Gasteiger partial charge in [-0.1, -0.05) is 6.08 Å². The topological polar surface area (TPSA) is 51.2 Å². The Labute approximate surface area is 144 Å². The third kappa shape index (κ3) is 3.29. The van der Waals surface area contributed by atoms with Gasteiger partial charge in [0.15, 0.2) is 12.6 Å². The summed E-state index contributed by atoms with van der Waals surface area (Å²) in [5.74, 6) is 0. The maximum absolute atomic E-state index is 10.9. The fourth-order valence-electron chi connectivity index (χ4n) is 2.07. The van der Waals surface area contributed by atoms with Crippen molar-refractivity contribution in [3.05, 3.63) is 51.7 Å². The molecule has 0 fully saturated rings. The van der Waals surface area contributed by atoms with Crippen LogP contribution in [0.15, 0.2) is 36.4 Å². The smallest absolute Gasteiger partial charge is 0.160 e. The molecule has 114 valence electrons. The predicted octanol–water partition coefficient (Wildman–Crippen LogP) is 5.04. The number of thiophene rings is 3. The largest absolute Gasteiger partial charge is 0.299 e. The van der Waals surface area contributed by atoms with Gasteiger partial charge in [0.1, 0.15) is 6.29 Å². The Morgan fingerprint density at radius 3 is 2.00 bits per heavy atom. The van der Waals surface area contributed by atoms with E-state index in [1.54, 1.807) is 29.5 Å². The molecule has 3 nitrogen and oxygen atoms in total. The number of aldehydes is 3. The van der Waals surface area contributed by atoms with Crippen LogP contribution in [0, 0.1) is 0 Å². The molecule has 0 spiro atoms. The first-order valence-electron chi connectivity index (χ1n) is 6.61. The lowest BCUT2D eigenvalue weighted by Gasteiger charge is -1.94. The van der Waals surface area contributed by atoms with Crippen LogP contribution in [0.3, 0.4) is 0 Å². The SMILES string of the molecule is O=C/C=C/c1cc(-c2ccc(C=O)s2)sc1-c1ccc(C=O)s1. The minimum absolute atomic E-state index is 0.666. The van der Waals surface area contributed by atoms with Crippen LogP contribution in [0.4, 0.5) is 0 Å². The second-order valence-electron chi connectivity index (χ2n) is 4.53. The standard InChI is InChI=1S/C17H10O3S3/c18-7-1-2-11-8-16(14-5-3-12(9-19)21-14)23-17(11)15-6-4-13(10-20)22-15/h1-10H/b2-1+. The van der Waals surface area contributed by atoms with E-state index in [0.29, 0.717) is 9.75 Å². The first kappa shape index (κ1) is 15.7. The third-order valence-corrected chi connectivity index (χ3v) is 6.62. The van der Waals surface area contributed by atoms with Crippen molar-refractivity contribution in [2.45, 2.75) is 0 Å². The van der Waals surface area contributed by atoms with Crippen molar-refractivity contribution in [3.8, 4) is 19.5 Å². The highest BCUT2D eigenvalue weighted by molar-refractivity contribution is 7.27. The first-order chi connectivity index (χ1) is 11.2. The summed E-state index contributed by atoms with van der Waals surface area (Å²) in [6.07, 6.45) is 5.62. The quantitative estimate of drug-likeness (QED) is 0.458. The van der Waals surface area contributed by atoms with Gasteiger partial charge in [-0.2, -0.15) is 0 Å². The number of carbonyl (C=O) groups excluding carboxylic acids is 3. The molecule has 6 heteroatoms. The van der Waals surface area contributed by atoms with Crippen LogP contribution < -0.4 is 0 Å². The van der Waals surface area contributed by atoms with Crippen LogP contribution >= 0.6 is 34.0 Å². The summed E-state index contributed by atoms with van der Waals surface area (Å²) in [5.41, 5.74) is 0.928. The second kappa shape index (κ2) is 6.95. The summed E-state index contributed by atoms with van der Waals surface area (Å²) in [4.78, 5) is 37.8. The minimum Gasteiger partial charge on any atom is -0.299 e. The average Bonchev–Trinajstić information content (AvgIpc) is 3.29. The second-order valence-corrected chi connectivity index (χ2v) is 7.81. The minimum atomic E-state index is 0.666. The van der Waals surface area contributed by atoms with Crippen molar-refractivity contribution in [1.29, 1.82) is 0 Å². The van der Waals surface area contributed by atoms with Gasteiger partial charge in [-0.3, -0.25) is 14.4 Å². The highest BCUT2D eigenvalue weighted by atomic mass is 32.1. The molecule has 3 aromatic rings. The Bertz CT molecular complexity index is 896. The van der Waals surface area contributed by atoms with E-state index < -0.39 is 0 Å². The molecular weight excluding hydrogens is 348 g/mol. The van der Waals surface area contributed by atoms with E-state index in [9.17, 15) is 14.4 Å². The van der Waals surface area contributed by atoms with Gasteiger partial charge in [-0.15, -0.1) is 34.0 Å². The van der Waals surface area contributed by atoms with Crippen molar-refractivity contribution >= 4 is 58.9 Å². The highest BCUT2D eigenvalue weighted by Crippen LogP contribution is 2.43. The number of hydrogen-bond donors (Lipinski definition) is 0. The van der Waals surface area contributed by atoms with Crippen LogP contribution in [-0.4, -0.2) is 18.9 Å². The summed E-state index contributed by atoms with van der Waals surface area (Å²) >= 11 is 4.44. The average molecular weight is 358 g/mol. The number of hydrogen-bond acceptors (Lipinski definition) is 6. The Morgan fingerprint density at radius 2 is 1.39 bits per heavy atom. The lowest BCUT2D eigenvalue weighted by molar-refractivity contribution is -0.104. The fourth-order valence-corrected chi connectivity index (χ4v) is 5.08. The predicted molar refractivity (Wildman–Crippen MR) is 96.8 cm³/mol. The monoisotopic (exact) mass is 358 g/mol. The van der Waals surface area contributed by atoms with Gasteiger partial charge in [-0.05, 0) is 42.0 Å². The summed E-state index contributed by atoms with van der Waals surface area (Å²) in [7, 11) is 0. The van der Waals surface area contributed by atoms with Gasteiger partial charge in [0.25, 0.3) is 0 Å². The summed E-state index contributed by atoms with van der Waals surface area (Å²) in [5, 5.41) is 0. The molecule has 0 N–H and O–H groups in total. The van der Waals surface area contributed by atoms with E-state index >= 15 is 0 Å². The van der Waals surface area contributed by atoms with Crippen molar-refractivity contribution in [2.75, 3.05) is 0 Å². The first-order valence-corrected chi connectivity index (χ1v) is 9.06. The molecule has 0 amide bonds. The fraction of sp³-hybridized carbons (Fsp3) is 0. The van der Waals surface area contributed by atoms with Crippen molar-refractivity contribution < 1.29 is 14.4 Å². The maximum atomic E-state index is 10.9. The molecule has 0 aliphatic rings. The molecular formula is C17H10O3S3.